The quantitative estimate of drug-likeness (QED) is 0.318. The van der Waals surface area contributed by atoms with Crippen molar-refractivity contribution in [3.05, 3.63) is 72.7 Å². The number of fused-ring (bicyclic) bond motifs is 2. The molecule has 11 heteroatoms. The number of aromatic nitrogens is 8. The average molecular weight is 495 g/mol. The second-order valence-electron chi connectivity index (χ2n) is 9.07. The van der Waals surface area contributed by atoms with Crippen LogP contribution in [-0.4, -0.2) is 65.6 Å². The van der Waals surface area contributed by atoms with E-state index in [4.69, 9.17) is 15.7 Å². The number of imidazole rings is 1. The number of pyridine rings is 2. The molecule has 10 nitrogen and oxygen atoms in total. The third-order valence-electron chi connectivity index (χ3n) is 6.07. The van der Waals surface area contributed by atoms with Gasteiger partial charge in [-0.25, -0.2) is 14.4 Å². The van der Waals surface area contributed by atoms with Crippen molar-refractivity contribution in [3.63, 3.8) is 0 Å². The summed E-state index contributed by atoms with van der Waals surface area (Å²) in [4.78, 5) is 27.7. The molecule has 5 heterocycles. The molecule has 0 fully saturated rings. The molecular formula is C26H23FN10. The highest BCUT2D eigenvalue weighted by Gasteiger charge is 2.18. The zero-order chi connectivity index (χ0) is 25.5. The van der Waals surface area contributed by atoms with E-state index >= 15 is 0 Å². The van der Waals surface area contributed by atoms with E-state index in [0.717, 1.165) is 5.52 Å². The summed E-state index contributed by atoms with van der Waals surface area (Å²) in [6, 6.07) is 8.24. The number of hydrogen-bond acceptors (Lipinski definition) is 8. The zero-order valence-corrected chi connectivity index (χ0v) is 20.1. The van der Waals surface area contributed by atoms with Crippen LogP contribution >= 0.6 is 0 Å². The normalized spacial score (nSPS) is 12.6. The Bertz CT molecular complexity index is 1720. The van der Waals surface area contributed by atoms with E-state index in [2.05, 4.69) is 30.1 Å². The summed E-state index contributed by atoms with van der Waals surface area (Å²) >= 11 is 0. The van der Waals surface area contributed by atoms with Gasteiger partial charge in [-0.2, -0.15) is 5.10 Å². The Labute approximate surface area is 210 Å². The molecule has 0 saturated carbocycles. The summed E-state index contributed by atoms with van der Waals surface area (Å²) in [5.41, 5.74) is 13.0. The van der Waals surface area contributed by atoms with E-state index in [1.807, 2.05) is 37.2 Å². The third-order valence-corrected chi connectivity index (χ3v) is 6.07. The molecule has 0 aliphatic carbocycles. The summed E-state index contributed by atoms with van der Waals surface area (Å²) in [7, 11) is 3.86. The molecule has 1 aromatic carbocycles. The van der Waals surface area contributed by atoms with Crippen LogP contribution in [0.15, 0.2) is 61.3 Å². The number of nitrogens with one attached hydrogen (secondary N) is 2. The van der Waals surface area contributed by atoms with Crippen molar-refractivity contribution >= 4 is 22.1 Å². The van der Waals surface area contributed by atoms with Crippen molar-refractivity contribution in [2.75, 3.05) is 20.6 Å². The molecular weight excluding hydrogens is 471 g/mol. The molecule has 0 saturated heterocycles. The lowest BCUT2D eigenvalue weighted by Crippen LogP contribution is -2.26. The first-order valence-corrected chi connectivity index (χ1v) is 11.6. The second kappa shape index (κ2) is 9.12. The highest BCUT2D eigenvalue weighted by Crippen LogP contribution is 2.32. The Morgan fingerprint density at radius 2 is 1.84 bits per heavy atom. The van der Waals surface area contributed by atoms with Crippen molar-refractivity contribution in [2.45, 2.75) is 6.04 Å². The number of nitrogens with two attached hydrogens (primary N) is 1. The number of H-pyrrole nitrogens is 2. The van der Waals surface area contributed by atoms with Crippen LogP contribution in [0.25, 0.3) is 56.1 Å². The van der Waals surface area contributed by atoms with Crippen LogP contribution in [0.4, 0.5) is 4.39 Å². The monoisotopic (exact) mass is 494 g/mol. The number of nitrogens with zero attached hydrogens (tertiary/aromatic N) is 7. The van der Waals surface area contributed by atoms with Crippen LogP contribution in [0.3, 0.4) is 0 Å². The fourth-order valence-corrected chi connectivity index (χ4v) is 4.38. The lowest BCUT2D eigenvalue weighted by atomic mass is 9.99. The molecule has 37 heavy (non-hydrogen) atoms. The Balaban J connectivity index is 1.45. The molecule has 0 amide bonds. The van der Waals surface area contributed by atoms with Crippen LogP contribution in [0.1, 0.15) is 11.6 Å². The van der Waals surface area contributed by atoms with Gasteiger partial charge in [-0.1, -0.05) is 0 Å². The molecule has 0 bridgehead atoms. The van der Waals surface area contributed by atoms with Crippen molar-refractivity contribution < 1.29 is 4.39 Å². The van der Waals surface area contributed by atoms with Gasteiger partial charge >= 0.3 is 0 Å². The van der Waals surface area contributed by atoms with Crippen molar-refractivity contribution in [3.8, 4) is 34.0 Å². The number of benzene rings is 1. The minimum Gasteiger partial charge on any atom is -0.335 e. The van der Waals surface area contributed by atoms with Gasteiger partial charge < -0.3 is 15.6 Å². The maximum absolute atomic E-state index is 14.6. The van der Waals surface area contributed by atoms with Gasteiger partial charge in [0, 0.05) is 36.7 Å². The number of halogens is 1. The third kappa shape index (κ3) is 4.30. The van der Waals surface area contributed by atoms with Gasteiger partial charge in [0.1, 0.15) is 17.0 Å². The smallest absolute Gasteiger partial charge is 0.161 e. The van der Waals surface area contributed by atoms with Crippen molar-refractivity contribution in [1.82, 2.24) is 45.0 Å². The van der Waals surface area contributed by atoms with Crippen LogP contribution in [0.5, 0.6) is 0 Å². The Kier molecular flexibility index (Phi) is 5.63. The summed E-state index contributed by atoms with van der Waals surface area (Å²) in [5.74, 6) is 0.147. The Hall–Kier alpha value is -4.61. The largest absolute Gasteiger partial charge is 0.335 e. The van der Waals surface area contributed by atoms with E-state index in [1.165, 1.54) is 12.1 Å². The minimum absolute atomic E-state index is 0.337. The van der Waals surface area contributed by atoms with Gasteiger partial charge in [0.05, 0.1) is 34.6 Å². The van der Waals surface area contributed by atoms with Crippen LogP contribution < -0.4 is 5.73 Å². The summed E-state index contributed by atoms with van der Waals surface area (Å²) in [6.45, 7) is 0.591. The number of rotatable bonds is 6. The molecule has 0 aliphatic heterocycles. The summed E-state index contributed by atoms with van der Waals surface area (Å²) < 4.78 is 14.6. The van der Waals surface area contributed by atoms with E-state index in [1.54, 1.807) is 31.0 Å². The molecule has 0 spiro atoms. The Morgan fingerprint density at radius 1 is 0.946 bits per heavy atom. The Morgan fingerprint density at radius 3 is 2.65 bits per heavy atom. The first kappa shape index (κ1) is 22.8. The first-order chi connectivity index (χ1) is 18.0. The standard InChI is InChI=1S/C26H23FN10/c1-37(2)13-18(28)15-7-14(8-16(27)9-15)17-10-30-12-22-23(17)34-26(33-22)25-24-20(35-36-25)4-3-19(32-24)21-11-29-5-6-31-21/h3-12,18H,13,28H2,1-2H3,(H,33,34)(H,35,36). The second-order valence-corrected chi connectivity index (χ2v) is 9.07. The van der Waals surface area contributed by atoms with Crippen LogP contribution in [0.2, 0.25) is 0 Å². The molecule has 0 aliphatic rings. The van der Waals surface area contributed by atoms with Crippen molar-refractivity contribution in [1.29, 1.82) is 0 Å². The minimum atomic E-state index is -0.367. The molecule has 6 rings (SSSR count). The average Bonchev–Trinajstić information content (AvgIpc) is 3.52. The molecule has 6 aromatic rings. The van der Waals surface area contributed by atoms with Gasteiger partial charge in [-0.15, -0.1) is 0 Å². The number of hydrogen-bond donors (Lipinski definition) is 3. The molecule has 4 N–H and O–H groups in total. The number of likely N-dealkylation sites (N-methyl/N-ethyl adjacent to an activating group) is 1. The highest BCUT2D eigenvalue weighted by molar-refractivity contribution is 5.95. The lowest BCUT2D eigenvalue weighted by Gasteiger charge is -2.18. The first-order valence-electron chi connectivity index (χ1n) is 11.6. The van der Waals surface area contributed by atoms with Gasteiger partial charge in [-0.3, -0.25) is 20.1 Å². The van der Waals surface area contributed by atoms with Gasteiger partial charge in [-0.05, 0) is 55.6 Å². The maximum Gasteiger partial charge on any atom is 0.161 e. The molecule has 184 valence electrons. The fourth-order valence-electron chi connectivity index (χ4n) is 4.38. The fraction of sp³-hybridized carbons (Fsp3) is 0.154. The summed E-state index contributed by atoms with van der Waals surface area (Å²) in [6.07, 6.45) is 8.25. The van der Waals surface area contributed by atoms with Gasteiger partial charge in [0.2, 0.25) is 0 Å². The number of aromatic amines is 2. The predicted molar refractivity (Wildman–Crippen MR) is 139 cm³/mol. The molecule has 1 unspecified atom stereocenters. The van der Waals surface area contributed by atoms with Crippen LogP contribution in [-0.2, 0) is 0 Å². The predicted octanol–water partition coefficient (Wildman–Crippen LogP) is 3.72. The zero-order valence-electron chi connectivity index (χ0n) is 20.1. The highest BCUT2D eigenvalue weighted by atomic mass is 19.1. The van der Waals surface area contributed by atoms with Gasteiger partial charge in [0.15, 0.2) is 11.5 Å². The van der Waals surface area contributed by atoms with Crippen LogP contribution in [0, 0.1) is 5.82 Å². The lowest BCUT2D eigenvalue weighted by molar-refractivity contribution is 0.376. The SMILES string of the molecule is CN(C)CC(N)c1cc(F)cc(-c2cncc3[nH]c(-c4n[nH]c5ccc(-c6cnccn6)nc45)nc23)c1. The van der Waals surface area contributed by atoms with Gasteiger partial charge in [0.25, 0.3) is 0 Å². The molecule has 0 radical (unpaired) electrons. The topological polar surface area (TPSA) is 138 Å². The molecule has 5 aromatic heterocycles. The van der Waals surface area contributed by atoms with E-state index in [-0.39, 0.29) is 11.9 Å². The summed E-state index contributed by atoms with van der Waals surface area (Å²) in [5, 5.41) is 7.47. The molecule has 1 atom stereocenters. The van der Waals surface area contributed by atoms with Crippen molar-refractivity contribution in [2.24, 2.45) is 5.73 Å². The van der Waals surface area contributed by atoms with E-state index < -0.39 is 0 Å². The van der Waals surface area contributed by atoms with E-state index in [9.17, 15) is 4.39 Å². The maximum atomic E-state index is 14.6. The van der Waals surface area contributed by atoms with E-state index in [0.29, 0.717) is 62.7 Å².